The van der Waals surface area contributed by atoms with Crippen molar-refractivity contribution in [2.45, 2.75) is 36.4 Å². The highest BCUT2D eigenvalue weighted by molar-refractivity contribution is 7.92. The summed E-state index contributed by atoms with van der Waals surface area (Å²) >= 11 is 0. The summed E-state index contributed by atoms with van der Waals surface area (Å²) in [6.07, 6.45) is -3.23. The molecule has 0 fully saturated rings. The molecule has 1 atom stereocenters. The molecule has 7 nitrogen and oxygen atoms in total. The van der Waals surface area contributed by atoms with Crippen LogP contribution in [0.25, 0.3) is 11.6 Å². The van der Waals surface area contributed by atoms with Gasteiger partial charge in [-0.05, 0) is 54.0 Å². The van der Waals surface area contributed by atoms with Crippen LogP contribution in [0, 0.1) is 0 Å². The minimum atomic E-state index is -4.72. The molecule has 3 aromatic rings. The van der Waals surface area contributed by atoms with E-state index in [0.717, 1.165) is 39.4 Å². The number of carboxylic acid groups (broad SMARTS) is 1. The van der Waals surface area contributed by atoms with Crippen LogP contribution in [0.5, 0.6) is 11.5 Å². The molecule has 0 saturated heterocycles. The van der Waals surface area contributed by atoms with E-state index in [-0.39, 0.29) is 30.8 Å². The van der Waals surface area contributed by atoms with E-state index in [2.05, 4.69) is 0 Å². The molecule has 0 radical (unpaired) electrons. The Kier molecular flexibility index (Phi) is 7.02. The number of carboxylic acids is 1. The molecule has 11 heteroatoms. The molecule has 3 aromatic carbocycles. The lowest BCUT2D eigenvalue weighted by Gasteiger charge is -2.35. The summed E-state index contributed by atoms with van der Waals surface area (Å²) < 4.78 is 80.2. The number of hydrogen-bond acceptors (Lipinski definition) is 5. The molecule has 39 heavy (non-hydrogen) atoms. The van der Waals surface area contributed by atoms with Crippen molar-refractivity contribution >= 4 is 33.3 Å². The molecule has 0 spiro atoms. The number of sulfonamides is 1. The lowest BCUT2D eigenvalue weighted by atomic mass is 9.97. The molecule has 1 N–H and O–H groups in total. The number of nitrogens with zero attached hydrogens (tertiary/aromatic N) is 1. The maximum Gasteiger partial charge on any atom is 0.416 e. The first-order valence-corrected chi connectivity index (χ1v) is 13.6. The van der Waals surface area contributed by atoms with Crippen molar-refractivity contribution in [3.05, 3.63) is 83.4 Å². The van der Waals surface area contributed by atoms with Crippen LogP contribution < -0.4 is 13.8 Å². The quantitative estimate of drug-likeness (QED) is 0.407. The third-order valence-electron chi connectivity index (χ3n) is 6.55. The Hall–Kier alpha value is -3.99. The van der Waals surface area contributed by atoms with Gasteiger partial charge in [-0.3, -0.25) is 9.10 Å². The molecule has 2 aliphatic rings. The van der Waals surface area contributed by atoms with E-state index in [9.17, 15) is 26.4 Å². The number of anilines is 1. The summed E-state index contributed by atoms with van der Waals surface area (Å²) in [6.45, 7) is 0.230. The first-order chi connectivity index (χ1) is 18.5. The molecule has 2 aliphatic heterocycles. The molecule has 0 aliphatic carbocycles. The van der Waals surface area contributed by atoms with Crippen LogP contribution in [0.3, 0.4) is 0 Å². The first kappa shape index (κ1) is 26.6. The fourth-order valence-corrected chi connectivity index (χ4v) is 6.20. The molecular formula is C28H24F3NO6S. The summed E-state index contributed by atoms with van der Waals surface area (Å²) in [4.78, 5) is 10.6. The van der Waals surface area contributed by atoms with Crippen molar-refractivity contribution < 1.29 is 41.0 Å². The molecule has 2 heterocycles. The van der Waals surface area contributed by atoms with Gasteiger partial charge in [-0.1, -0.05) is 36.4 Å². The highest BCUT2D eigenvalue weighted by atomic mass is 32.2. The van der Waals surface area contributed by atoms with Gasteiger partial charge in [0.15, 0.2) is 0 Å². The number of halogens is 3. The number of aliphatic carboxylic acids is 1. The van der Waals surface area contributed by atoms with Crippen molar-refractivity contribution in [2.24, 2.45) is 0 Å². The fourth-order valence-electron chi connectivity index (χ4n) is 4.66. The van der Waals surface area contributed by atoms with Crippen LogP contribution in [0.15, 0.2) is 71.6 Å². The number of rotatable bonds is 6. The van der Waals surface area contributed by atoms with E-state index in [4.69, 9.17) is 14.6 Å². The van der Waals surface area contributed by atoms with E-state index >= 15 is 0 Å². The Bertz CT molecular complexity index is 1550. The monoisotopic (exact) mass is 559 g/mol. The molecular weight excluding hydrogens is 535 g/mol. The topological polar surface area (TPSA) is 93.1 Å². The summed E-state index contributed by atoms with van der Waals surface area (Å²) in [5, 5.41) is 9.10. The van der Waals surface area contributed by atoms with E-state index in [1.54, 1.807) is 18.2 Å². The Morgan fingerprint density at radius 3 is 2.62 bits per heavy atom. The molecule has 0 aromatic heterocycles. The van der Waals surface area contributed by atoms with E-state index in [0.29, 0.717) is 24.7 Å². The molecule has 0 bridgehead atoms. The molecule has 0 saturated carbocycles. The Labute approximate surface area is 223 Å². The van der Waals surface area contributed by atoms with Crippen LogP contribution in [-0.4, -0.2) is 38.7 Å². The maximum absolute atomic E-state index is 13.7. The first-order valence-electron chi connectivity index (χ1n) is 12.2. The fraction of sp³-hybridized carbons (Fsp3) is 0.250. The van der Waals surface area contributed by atoms with Gasteiger partial charge in [0, 0.05) is 18.4 Å². The highest BCUT2D eigenvalue weighted by Gasteiger charge is 2.37. The second-order valence-corrected chi connectivity index (χ2v) is 11.1. The summed E-state index contributed by atoms with van der Waals surface area (Å²) in [5.74, 6) is -0.136. The van der Waals surface area contributed by atoms with E-state index in [1.807, 2.05) is 30.3 Å². The van der Waals surface area contributed by atoms with Crippen LogP contribution >= 0.6 is 0 Å². The second-order valence-electron chi connectivity index (χ2n) is 9.23. The minimum absolute atomic E-state index is 0.0198. The van der Waals surface area contributed by atoms with Crippen molar-refractivity contribution in [3.8, 4) is 11.5 Å². The third-order valence-corrected chi connectivity index (χ3v) is 8.32. The van der Waals surface area contributed by atoms with E-state index < -0.39 is 38.7 Å². The number of alkyl halides is 3. The average Bonchev–Trinajstić information content (AvgIpc) is 2.91. The van der Waals surface area contributed by atoms with Crippen LogP contribution in [0.2, 0.25) is 0 Å². The second kappa shape index (κ2) is 10.3. The number of carbonyl (C=O) groups is 1. The Balaban J connectivity index is 1.57. The Morgan fingerprint density at radius 1 is 1.05 bits per heavy atom. The van der Waals surface area contributed by atoms with Gasteiger partial charge >= 0.3 is 12.1 Å². The number of hydrogen-bond donors (Lipinski definition) is 1. The lowest BCUT2D eigenvalue weighted by Crippen LogP contribution is -2.43. The smallest absolute Gasteiger partial charge is 0.416 e. The van der Waals surface area contributed by atoms with Crippen LogP contribution in [0.4, 0.5) is 18.9 Å². The van der Waals surface area contributed by atoms with Crippen molar-refractivity contribution in [1.29, 1.82) is 0 Å². The normalized spacial score (nSPS) is 18.1. The molecule has 0 amide bonds. The van der Waals surface area contributed by atoms with Gasteiger partial charge in [-0.15, -0.1) is 0 Å². The van der Waals surface area contributed by atoms with Crippen molar-refractivity contribution in [2.75, 3.05) is 17.5 Å². The largest absolute Gasteiger partial charge is 0.493 e. The van der Waals surface area contributed by atoms with Gasteiger partial charge < -0.3 is 14.6 Å². The van der Waals surface area contributed by atoms with Gasteiger partial charge in [0.25, 0.3) is 10.0 Å². The van der Waals surface area contributed by atoms with E-state index in [1.165, 1.54) is 0 Å². The maximum atomic E-state index is 13.7. The zero-order valence-corrected chi connectivity index (χ0v) is 21.3. The van der Waals surface area contributed by atoms with Crippen LogP contribution in [-0.2, 0) is 21.0 Å². The molecule has 0 unspecified atom stereocenters. The number of para-hydroxylation sites is 1. The average molecular weight is 560 g/mol. The SMILES string of the molecule is O=C(O)CC[C@H]1CN(S(=O)(=O)c2cccc(C(F)(F)F)c2)c2cc(/C=C3\CCOc4ccccc43)ccc2O1. The predicted molar refractivity (Wildman–Crippen MR) is 138 cm³/mol. The van der Waals surface area contributed by atoms with Gasteiger partial charge in [-0.2, -0.15) is 13.2 Å². The summed E-state index contributed by atoms with van der Waals surface area (Å²) in [7, 11) is -4.46. The standard InChI is InChI=1S/C28H24F3NO6S/c29-28(30,31)20-4-3-5-22(16-20)39(35,36)32-17-21(9-11-27(33)34)38-26-10-8-18(15-24(26)32)14-19-12-13-37-25-7-2-1-6-23(19)25/h1-8,10,14-16,21H,9,11-13,17H2,(H,33,34)/b19-14+/t21-/m0/s1. The number of benzene rings is 3. The van der Waals surface area contributed by atoms with Gasteiger partial charge in [0.1, 0.15) is 17.6 Å². The number of ether oxygens (including phenoxy) is 2. The summed E-state index contributed by atoms with van der Waals surface area (Å²) in [5.41, 5.74) is 1.64. The van der Waals surface area contributed by atoms with Gasteiger partial charge in [-0.25, -0.2) is 8.42 Å². The molecule has 5 rings (SSSR count). The summed E-state index contributed by atoms with van der Waals surface area (Å²) in [6, 6.07) is 16.1. The van der Waals surface area contributed by atoms with Gasteiger partial charge in [0.05, 0.1) is 29.3 Å². The molecule has 204 valence electrons. The lowest BCUT2D eigenvalue weighted by molar-refractivity contribution is -0.138. The predicted octanol–water partition coefficient (Wildman–Crippen LogP) is 5.85. The third kappa shape index (κ3) is 5.58. The zero-order chi connectivity index (χ0) is 27.8. The van der Waals surface area contributed by atoms with Gasteiger partial charge in [0.2, 0.25) is 0 Å². The Morgan fingerprint density at radius 2 is 1.85 bits per heavy atom. The minimum Gasteiger partial charge on any atom is -0.493 e. The van der Waals surface area contributed by atoms with Crippen LogP contribution in [0.1, 0.15) is 36.0 Å². The highest BCUT2D eigenvalue weighted by Crippen LogP contribution is 2.41. The van der Waals surface area contributed by atoms with Crippen molar-refractivity contribution in [1.82, 2.24) is 0 Å². The number of fused-ring (bicyclic) bond motifs is 2. The zero-order valence-electron chi connectivity index (χ0n) is 20.5. The van der Waals surface area contributed by atoms with Crippen molar-refractivity contribution in [3.63, 3.8) is 0 Å².